The number of carbonyl (C=O) groups is 1. The van der Waals surface area contributed by atoms with Crippen LogP contribution in [0.25, 0.3) is 10.3 Å². The fourth-order valence-corrected chi connectivity index (χ4v) is 3.63. The predicted molar refractivity (Wildman–Crippen MR) is 97.8 cm³/mol. The zero-order valence-electron chi connectivity index (χ0n) is 13.4. The summed E-state index contributed by atoms with van der Waals surface area (Å²) in [7, 11) is 0. The second-order valence-corrected chi connectivity index (χ2v) is 6.56. The highest BCUT2D eigenvalue weighted by molar-refractivity contribution is 7.17. The van der Waals surface area contributed by atoms with Gasteiger partial charge in [0.25, 0.3) is 5.91 Å². The van der Waals surface area contributed by atoms with Gasteiger partial charge in [0.2, 0.25) is 5.43 Å². The zero-order chi connectivity index (χ0) is 17.2. The van der Waals surface area contributed by atoms with Gasteiger partial charge in [-0.2, -0.15) is 0 Å². The van der Waals surface area contributed by atoms with Crippen LogP contribution in [0.4, 0.5) is 11.6 Å². The van der Waals surface area contributed by atoms with Crippen LogP contribution in [-0.2, 0) is 4.74 Å². The minimum Gasteiger partial charge on any atom is -0.439 e. The fraction of sp³-hybridized carbons (Fsp3) is 0.222. The summed E-state index contributed by atoms with van der Waals surface area (Å²) < 4.78 is 11.7. The normalized spacial score (nSPS) is 14.6. The van der Waals surface area contributed by atoms with Crippen molar-refractivity contribution in [2.45, 2.75) is 0 Å². The number of nitrogens with one attached hydrogen (secondary N) is 1. The van der Waals surface area contributed by atoms with Gasteiger partial charge in [-0.3, -0.25) is 9.59 Å². The van der Waals surface area contributed by atoms with Gasteiger partial charge < -0.3 is 19.4 Å². The van der Waals surface area contributed by atoms with Gasteiger partial charge in [-0.25, -0.2) is 0 Å². The highest BCUT2D eigenvalue weighted by Crippen LogP contribution is 2.28. The Morgan fingerprint density at radius 2 is 1.92 bits per heavy atom. The van der Waals surface area contributed by atoms with E-state index in [1.165, 1.54) is 17.4 Å². The molecular formula is C18H16N2O4S. The fourth-order valence-electron chi connectivity index (χ4n) is 2.75. The van der Waals surface area contributed by atoms with Crippen LogP contribution >= 0.6 is 11.3 Å². The highest BCUT2D eigenvalue weighted by Gasteiger charge is 2.20. The zero-order valence-corrected chi connectivity index (χ0v) is 14.2. The molecule has 6 nitrogen and oxygen atoms in total. The number of nitrogens with zero attached hydrogens (tertiary/aromatic N) is 1. The van der Waals surface area contributed by atoms with Crippen LogP contribution < -0.4 is 15.6 Å². The van der Waals surface area contributed by atoms with Gasteiger partial charge in [0.1, 0.15) is 4.70 Å². The molecule has 1 saturated heterocycles. The molecule has 0 saturated carbocycles. The van der Waals surface area contributed by atoms with Gasteiger partial charge in [0, 0.05) is 30.2 Å². The number of fused-ring (bicyclic) bond motifs is 1. The minimum atomic E-state index is -0.292. The molecule has 0 aliphatic carbocycles. The van der Waals surface area contributed by atoms with E-state index in [4.69, 9.17) is 9.15 Å². The number of benzene rings is 1. The molecule has 1 fully saturated rings. The Bertz CT molecular complexity index is 958. The first-order chi connectivity index (χ1) is 12.2. The quantitative estimate of drug-likeness (QED) is 0.781. The van der Waals surface area contributed by atoms with E-state index in [0.29, 0.717) is 53.7 Å². The average molecular weight is 356 g/mol. The van der Waals surface area contributed by atoms with Crippen molar-refractivity contribution in [1.29, 1.82) is 0 Å². The van der Waals surface area contributed by atoms with Crippen LogP contribution in [0.1, 0.15) is 10.4 Å². The Labute approximate surface area is 147 Å². The maximum atomic E-state index is 12.6. The third-order valence-electron chi connectivity index (χ3n) is 4.03. The molecule has 3 aromatic rings. The van der Waals surface area contributed by atoms with E-state index in [1.54, 1.807) is 5.38 Å². The lowest BCUT2D eigenvalue weighted by Crippen LogP contribution is -2.36. The summed E-state index contributed by atoms with van der Waals surface area (Å²) in [6.45, 7) is 2.49. The molecule has 3 heterocycles. The van der Waals surface area contributed by atoms with E-state index >= 15 is 0 Å². The molecule has 0 atom stereocenters. The minimum absolute atomic E-state index is 0.133. The van der Waals surface area contributed by atoms with E-state index in [1.807, 2.05) is 35.2 Å². The number of carbonyl (C=O) groups excluding carboxylic acids is 1. The molecule has 0 unspecified atom stereocenters. The van der Waals surface area contributed by atoms with Crippen molar-refractivity contribution < 1.29 is 13.9 Å². The highest BCUT2D eigenvalue weighted by atomic mass is 32.1. The molecule has 1 aliphatic rings. The maximum absolute atomic E-state index is 12.6. The van der Waals surface area contributed by atoms with E-state index in [9.17, 15) is 9.59 Å². The number of ether oxygens (including phenoxy) is 1. The van der Waals surface area contributed by atoms with Crippen LogP contribution in [0.5, 0.6) is 0 Å². The van der Waals surface area contributed by atoms with E-state index < -0.39 is 0 Å². The molecule has 1 amide bonds. The van der Waals surface area contributed by atoms with Gasteiger partial charge in [0.05, 0.1) is 18.8 Å². The summed E-state index contributed by atoms with van der Waals surface area (Å²) in [5.41, 5.74) is 1.27. The van der Waals surface area contributed by atoms with Crippen LogP contribution in [0.2, 0.25) is 0 Å². The van der Waals surface area contributed by atoms with Crippen LogP contribution in [-0.4, -0.2) is 32.2 Å². The van der Waals surface area contributed by atoms with E-state index in [-0.39, 0.29) is 11.3 Å². The first-order valence-corrected chi connectivity index (χ1v) is 8.85. The first-order valence-electron chi connectivity index (χ1n) is 7.97. The number of morpholine rings is 1. The SMILES string of the molecule is O=C(Nc1ccccc1)c1csc2c(=O)cc(N3CCOCC3)oc12. The van der Waals surface area contributed by atoms with Crippen LogP contribution in [0.15, 0.2) is 51.0 Å². The van der Waals surface area contributed by atoms with Crippen molar-refractivity contribution in [3.05, 3.63) is 57.6 Å². The molecule has 4 rings (SSSR count). The Kier molecular flexibility index (Phi) is 4.25. The molecule has 1 aliphatic heterocycles. The van der Waals surface area contributed by atoms with Gasteiger partial charge in [-0.05, 0) is 12.1 Å². The summed E-state index contributed by atoms with van der Waals surface area (Å²) >= 11 is 1.22. The second-order valence-electron chi connectivity index (χ2n) is 5.68. The van der Waals surface area contributed by atoms with Gasteiger partial charge in [-0.15, -0.1) is 11.3 Å². The smallest absolute Gasteiger partial charge is 0.260 e. The lowest BCUT2D eigenvalue weighted by atomic mass is 10.2. The number of hydrogen-bond acceptors (Lipinski definition) is 6. The molecule has 1 N–H and O–H groups in total. The standard InChI is InChI=1S/C18H16N2O4S/c21-14-10-15(20-6-8-23-9-7-20)24-16-13(11-25-17(14)16)18(22)19-12-4-2-1-3-5-12/h1-5,10-11H,6-9H2,(H,19,22). The van der Waals surface area contributed by atoms with Gasteiger partial charge in [-0.1, -0.05) is 18.2 Å². The summed E-state index contributed by atoms with van der Waals surface area (Å²) in [5.74, 6) is 0.188. The van der Waals surface area contributed by atoms with Crippen molar-refractivity contribution in [3.63, 3.8) is 0 Å². The van der Waals surface area contributed by atoms with Crippen molar-refractivity contribution in [2.24, 2.45) is 0 Å². The third-order valence-corrected chi connectivity index (χ3v) is 5.01. The molecule has 128 valence electrons. The number of para-hydroxylation sites is 1. The summed E-state index contributed by atoms with van der Waals surface area (Å²) in [5, 5.41) is 4.49. The first kappa shape index (κ1) is 15.9. The van der Waals surface area contributed by atoms with Crippen molar-refractivity contribution in [2.75, 3.05) is 36.5 Å². The molecule has 1 aromatic carbocycles. The predicted octanol–water partition coefficient (Wildman–Crippen LogP) is 2.94. The number of anilines is 2. The Morgan fingerprint density at radius 3 is 2.68 bits per heavy atom. The molecule has 0 spiro atoms. The van der Waals surface area contributed by atoms with Crippen LogP contribution in [0.3, 0.4) is 0 Å². The largest absolute Gasteiger partial charge is 0.439 e. The van der Waals surface area contributed by atoms with Crippen molar-refractivity contribution in [1.82, 2.24) is 0 Å². The van der Waals surface area contributed by atoms with E-state index in [2.05, 4.69) is 5.32 Å². The molecular weight excluding hydrogens is 340 g/mol. The summed E-state index contributed by atoms with van der Waals surface area (Å²) in [6, 6.07) is 10.7. The van der Waals surface area contributed by atoms with Crippen molar-refractivity contribution >= 4 is 39.1 Å². The second kappa shape index (κ2) is 6.70. The van der Waals surface area contributed by atoms with Gasteiger partial charge >= 0.3 is 0 Å². The topological polar surface area (TPSA) is 71.8 Å². The molecule has 0 radical (unpaired) electrons. The van der Waals surface area contributed by atoms with Gasteiger partial charge in [0.15, 0.2) is 11.5 Å². The van der Waals surface area contributed by atoms with E-state index in [0.717, 1.165) is 0 Å². The van der Waals surface area contributed by atoms with Crippen molar-refractivity contribution in [3.8, 4) is 0 Å². The Hall–Kier alpha value is -2.64. The third kappa shape index (κ3) is 3.16. The Balaban J connectivity index is 1.70. The monoisotopic (exact) mass is 356 g/mol. The maximum Gasteiger partial charge on any atom is 0.260 e. The molecule has 2 aromatic heterocycles. The number of rotatable bonds is 3. The number of hydrogen-bond donors (Lipinski definition) is 1. The molecule has 25 heavy (non-hydrogen) atoms. The molecule has 0 bridgehead atoms. The molecule has 7 heteroatoms. The lowest BCUT2D eigenvalue weighted by Gasteiger charge is -2.27. The summed E-state index contributed by atoms with van der Waals surface area (Å²) in [6.07, 6.45) is 0. The lowest BCUT2D eigenvalue weighted by molar-refractivity contribution is 0.102. The Morgan fingerprint density at radius 1 is 1.16 bits per heavy atom. The van der Waals surface area contributed by atoms with Crippen LogP contribution in [0, 0.1) is 0 Å². The number of amides is 1. The summed E-state index contributed by atoms with van der Waals surface area (Å²) in [4.78, 5) is 26.9. The number of thiophene rings is 1. The average Bonchev–Trinajstić information content (AvgIpc) is 3.08.